The van der Waals surface area contributed by atoms with Crippen LogP contribution in [0.5, 0.6) is 11.6 Å². The summed E-state index contributed by atoms with van der Waals surface area (Å²) in [7, 11) is -4.10. The van der Waals surface area contributed by atoms with Crippen molar-refractivity contribution < 1.29 is 59.7 Å². The van der Waals surface area contributed by atoms with Gasteiger partial charge in [0, 0.05) is 30.8 Å². The summed E-state index contributed by atoms with van der Waals surface area (Å²) >= 11 is 0. The van der Waals surface area contributed by atoms with E-state index < -0.39 is 97.8 Å². The molecular weight excluding hydrogens is 812 g/mol. The highest BCUT2D eigenvalue weighted by Gasteiger charge is 2.63. The lowest BCUT2D eigenvalue weighted by Crippen LogP contribution is -2.61. The zero-order valence-corrected chi connectivity index (χ0v) is 35.6. The van der Waals surface area contributed by atoms with E-state index in [-0.39, 0.29) is 49.4 Å². The maximum Gasteiger partial charge on any atom is 0.408 e. The molecule has 1 aromatic carbocycles. The Hall–Kier alpha value is -4.65. The van der Waals surface area contributed by atoms with Gasteiger partial charge in [0.15, 0.2) is 17.2 Å². The number of hydrogen-bond donors (Lipinski definition) is 3. The molecule has 0 radical (unpaired) electrons. The first kappa shape index (κ1) is 44.9. The zero-order valence-electron chi connectivity index (χ0n) is 34.8. The van der Waals surface area contributed by atoms with Crippen molar-refractivity contribution >= 4 is 44.6 Å². The average molecular weight is 866 g/mol. The van der Waals surface area contributed by atoms with E-state index in [1.807, 2.05) is 0 Å². The Bertz CT molecular complexity index is 2150. The van der Waals surface area contributed by atoms with Crippen molar-refractivity contribution in [3.63, 3.8) is 0 Å². The van der Waals surface area contributed by atoms with Crippen LogP contribution in [0.25, 0.3) is 10.8 Å². The molecule has 2 aromatic rings. The second-order valence-corrected chi connectivity index (χ2v) is 19.2. The molecule has 0 bridgehead atoms. The van der Waals surface area contributed by atoms with Crippen LogP contribution in [0.3, 0.4) is 0 Å². The minimum atomic E-state index is -4.10. The van der Waals surface area contributed by atoms with Crippen molar-refractivity contribution in [2.24, 2.45) is 5.92 Å². The summed E-state index contributed by atoms with van der Waals surface area (Å²) in [6.07, 6.45) is 2.76. The first-order valence-corrected chi connectivity index (χ1v) is 21.8. The number of allylic oxidation sites excluding steroid dienone is 1. The van der Waals surface area contributed by atoms with E-state index in [4.69, 9.17) is 18.9 Å². The Morgan fingerprint density at radius 3 is 2.52 bits per heavy atom. The van der Waals surface area contributed by atoms with Gasteiger partial charge < -0.3 is 34.5 Å². The Balaban J connectivity index is 1.37. The maximum atomic E-state index is 15.1. The average Bonchev–Trinajstić information content (AvgIpc) is 4.04. The number of alkyl halides is 2. The Morgan fingerprint density at radius 1 is 1.15 bits per heavy atom. The molecule has 4 aliphatic rings. The van der Waals surface area contributed by atoms with Crippen LogP contribution < -0.4 is 24.8 Å². The third-order valence-corrected chi connectivity index (χ3v) is 14.2. The lowest BCUT2D eigenvalue weighted by molar-refractivity contribution is -0.153. The summed E-state index contributed by atoms with van der Waals surface area (Å²) in [6.45, 7) is 9.28. The standard InChI is InChI=1S/C41H54F3N5O10S/c1-8-30-32(46-37(53)59-38(4,5)40(7,43)44)35(51)49-22-26(58-34-27-20-28(42)31(56-9-2)18-24(27)14-17-45-34)19-29(49)33(50)47-41(21-25(41)13-11-10-12-23(3)57-30)36(52)48-60(54,55)39(6)15-16-39/h11,13-14,17-18,20,23,25-26,29-30,32H,8-10,12,15-16,19,21-22H2,1-7H3,(H,46,53)(H,47,50)(H,48,52)/b13-11-/t23-,25?,26-,29+,30+,32+,41-/m1/s1. The molecule has 2 aliphatic heterocycles. The van der Waals surface area contributed by atoms with E-state index in [1.165, 1.54) is 25.3 Å². The van der Waals surface area contributed by atoms with Crippen LogP contribution in [0.1, 0.15) is 93.4 Å². The molecule has 19 heteroatoms. The number of rotatable bonds is 11. The lowest BCUT2D eigenvalue weighted by Gasteiger charge is -2.35. The summed E-state index contributed by atoms with van der Waals surface area (Å²) in [4.78, 5) is 62.2. The number of nitrogens with zero attached hydrogens (tertiary/aromatic N) is 2. The third kappa shape index (κ3) is 9.16. The number of amides is 4. The SMILES string of the molecule is CCOc1cc2ccnc(O[C@@H]3C[C@H]4C(=O)N[C@]5(C(=O)NS(=O)(=O)C6(C)CC6)CC5/C=C\CC[C@@H](C)O[C@@H](CC)[C@H](NC(=O)OC(C)(C)C(C)(F)F)C(=O)N4C3)c2cc1F. The Kier molecular flexibility index (Phi) is 12.5. The molecule has 4 amide bonds. The molecule has 3 fully saturated rings. The fourth-order valence-electron chi connectivity index (χ4n) is 7.44. The molecule has 3 heterocycles. The van der Waals surface area contributed by atoms with Crippen molar-refractivity contribution in [2.75, 3.05) is 13.2 Å². The fourth-order valence-corrected chi connectivity index (χ4v) is 8.76. The lowest BCUT2D eigenvalue weighted by atomic mass is 10.0. The normalized spacial score (nSPS) is 28.9. The van der Waals surface area contributed by atoms with Crippen LogP contribution in [0, 0.1) is 11.7 Å². The predicted molar refractivity (Wildman–Crippen MR) is 212 cm³/mol. The molecule has 2 saturated carbocycles. The van der Waals surface area contributed by atoms with Crippen LogP contribution in [0.4, 0.5) is 18.0 Å². The van der Waals surface area contributed by atoms with Crippen molar-refractivity contribution in [3.8, 4) is 11.6 Å². The summed E-state index contributed by atoms with van der Waals surface area (Å²) in [5, 5.41) is 6.03. The largest absolute Gasteiger partial charge is 0.491 e. The molecule has 6 rings (SSSR count). The summed E-state index contributed by atoms with van der Waals surface area (Å²) in [5.74, 6) is -7.31. The zero-order chi connectivity index (χ0) is 44.0. The Labute approximate surface area is 347 Å². The van der Waals surface area contributed by atoms with Crippen molar-refractivity contribution in [1.29, 1.82) is 0 Å². The number of halogens is 3. The van der Waals surface area contributed by atoms with E-state index >= 15 is 4.39 Å². The molecule has 2 aliphatic carbocycles. The van der Waals surface area contributed by atoms with Crippen LogP contribution in [0.2, 0.25) is 0 Å². The first-order valence-electron chi connectivity index (χ1n) is 20.3. The molecule has 0 spiro atoms. The molecule has 330 valence electrons. The van der Waals surface area contributed by atoms with Crippen molar-refractivity contribution in [2.45, 2.75) is 146 Å². The van der Waals surface area contributed by atoms with Gasteiger partial charge in [0.05, 0.1) is 30.1 Å². The number of hydrogen-bond acceptors (Lipinski definition) is 11. The number of aromatic nitrogens is 1. The number of ether oxygens (including phenoxy) is 4. The number of sulfonamides is 1. The van der Waals surface area contributed by atoms with Crippen LogP contribution >= 0.6 is 0 Å². The first-order chi connectivity index (χ1) is 28.0. The van der Waals surface area contributed by atoms with E-state index in [9.17, 15) is 36.4 Å². The van der Waals surface area contributed by atoms with Gasteiger partial charge in [0.2, 0.25) is 27.7 Å². The highest BCUT2D eigenvalue weighted by Crippen LogP contribution is 2.47. The molecule has 3 N–H and O–H groups in total. The highest BCUT2D eigenvalue weighted by atomic mass is 32.2. The number of carbonyl (C=O) groups is 4. The topological polar surface area (TPSA) is 192 Å². The van der Waals surface area contributed by atoms with E-state index in [1.54, 1.807) is 39.0 Å². The maximum absolute atomic E-state index is 15.1. The number of pyridine rings is 1. The van der Waals surface area contributed by atoms with Gasteiger partial charge in [0.1, 0.15) is 23.7 Å². The summed E-state index contributed by atoms with van der Waals surface area (Å²) in [5.41, 5.74) is -3.97. The van der Waals surface area contributed by atoms with Crippen LogP contribution in [0.15, 0.2) is 36.5 Å². The fraction of sp³-hybridized carbons (Fsp3) is 0.634. The number of alkyl carbamates (subject to hydrolysis) is 1. The van der Waals surface area contributed by atoms with E-state index in [2.05, 4.69) is 20.3 Å². The smallest absolute Gasteiger partial charge is 0.408 e. The molecular formula is C41H54F3N5O10S. The van der Waals surface area contributed by atoms with Crippen molar-refractivity contribution in [1.82, 2.24) is 25.2 Å². The summed E-state index contributed by atoms with van der Waals surface area (Å²) < 4.78 is 94.6. The van der Waals surface area contributed by atoms with Crippen LogP contribution in [-0.4, -0.2) is 107 Å². The Morgan fingerprint density at radius 2 is 1.87 bits per heavy atom. The second-order valence-electron chi connectivity index (χ2n) is 17.0. The minimum Gasteiger partial charge on any atom is -0.491 e. The van der Waals surface area contributed by atoms with Gasteiger partial charge in [-0.1, -0.05) is 19.1 Å². The highest BCUT2D eigenvalue weighted by molar-refractivity contribution is 7.91. The van der Waals surface area contributed by atoms with E-state index in [0.29, 0.717) is 38.0 Å². The van der Waals surface area contributed by atoms with E-state index in [0.717, 1.165) is 18.7 Å². The van der Waals surface area contributed by atoms with Gasteiger partial charge >= 0.3 is 6.09 Å². The molecule has 1 unspecified atom stereocenters. The van der Waals surface area contributed by atoms with Gasteiger partial charge in [0.25, 0.3) is 11.8 Å². The molecule has 1 saturated heterocycles. The van der Waals surface area contributed by atoms with Gasteiger partial charge in [-0.2, -0.15) is 0 Å². The van der Waals surface area contributed by atoms with Gasteiger partial charge in [-0.05, 0) is 96.7 Å². The number of fused-ring (bicyclic) bond motifs is 3. The quantitative estimate of drug-likeness (QED) is 0.256. The molecule has 60 heavy (non-hydrogen) atoms. The van der Waals surface area contributed by atoms with Gasteiger partial charge in [-0.3, -0.25) is 19.1 Å². The van der Waals surface area contributed by atoms with Gasteiger partial charge in [-0.15, -0.1) is 0 Å². The molecule has 1 aromatic heterocycles. The minimum absolute atomic E-state index is 0.0124. The number of carbonyl (C=O) groups excluding carboxylic acids is 4. The molecule has 7 atom stereocenters. The number of benzene rings is 1. The number of nitrogens with one attached hydrogen (secondary N) is 3. The predicted octanol–water partition coefficient (Wildman–Crippen LogP) is 5.06. The van der Waals surface area contributed by atoms with Crippen LogP contribution in [-0.2, 0) is 33.9 Å². The molecule has 15 nitrogen and oxygen atoms in total. The van der Waals surface area contributed by atoms with Gasteiger partial charge in [-0.25, -0.2) is 31.4 Å². The van der Waals surface area contributed by atoms with Crippen molar-refractivity contribution in [3.05, 3.63) is 42.4 Å². The second kappa shape index (κ2) is 16.7. The monoisotopic (exact) mass is 865 g/mol. The third-order valence-electron chi connectivity index (χ3n) is 12.0. The summed E-state index contributed by atoms with van der Waals surface area (Å²) in [6, 6.07) is 1.36.